The smallest absolute Gasteiger partial charge is 0.255 e. The van der Waals surface area contributed by atoms with E-state index >= 15 is 0 Å². The highest BCUT2D eigenvalue weighted by Gasteiger charge is 2.14. The largest absolute Gasteiger partial charge is 0.272 e. The molecule has 2 N–H and O–H groups in total. The molecule has 0 aliphatic carbocycles. The van der Waals surface area contributed by atoms with E-state index in [0.29, 0.717) is 5.56 Å². The fourth-order valence-electron chi connectivity index (χ4n) is 1.77. The van der Waals surface area contributed by atoms with Gasteiger partial charge in [-0.25, -0.2) is 23.0 Å². The summed E-state index contributed by atoms with van der Waals surface area (Å²) in [6.45, 7) is 1.38. The van der Waals surface area contributed by atoms with Crippen molar-refractivity contribution in [3.63, 3.8) is 0 Å². The third-order valence-electron chi connectivity index (χ3n) is 3.01. The number of nitrogens with one attached hydrogen (secondary N) is 2. The molecule has 0 saturated heterocycles. The average Bonchev–Trinajstić information content (AvgIpc) is 2.54. The van der Waals surface area contributed by atoms with E-state index in [9.17, 15) is 17.6 Å². The fraction of sp³-hybridized carbons (Fsp3) is 0.125. The number of sulfonamides is 1. The Morgan fingerprint density at radius 1 is 1.21 bits per heavy atom. The minimum atomic E-state index is -3.77. The van der Waals surface area contributed by atoms with Crippen molar-refractivity contribution in [3.8, 4) is 0 Å². The molecule has 0 spiro atoms. The molecule has 2 aromatic rings. The molecule has 0 aromatic heterocycles. The van der Waals surface area contributed by atoms with E-state index in [1.54, 1.807) is 18.2 Å². The van der Waals surface area contributed by atoms with Gasteiger partial charge in [0, 0.05) is 0 Å². The summed E-state index contributed by atoms with van der Waals surface area (Å²) in [7, 11) is -3.77. The molecule has 0 aliphatic heterocycles. The third-order valence-corrected chi connectivity index (χ3v) is 4.42. The molecule has 0 heterocycles. The highest BCUT2D eigenvalue weighted by Crippen LogP contribution is 2.09. The van der Waals surface area contributed by atoms with Gasteiger partial charge in [-0.1, -0.05) is 29.8 Å². The lowest BCUT2D eigenvalue weighted by Gasteiger charge is -2.06. The number of carbonyl (C=O) groups excluding carboxylic acids is 1. The zero-order valence-corrected chi connectivity index (χ0v) is 13.7. The topological polar surface area (TPSA) is 87.6 Å². The summed E-state index contributed by atoms with van der Waals surface area (Å²) < 4.78 is 39.2. The molecular formula is C16H16FN3O3S. The number of amides is 1. The van der Waals surface area contributed by atoms with Gasteiger partial charge in [0.2, 0.25) is 10.0 Å². The molecule has 6 nitrogen and oxygen atoms in total. The molecule has 0 radical (unpaired) electrons. The number of halogens is 1. The molecule has 1 amide bonds. The fourth-order valence-corrected chi connectivity index (χ4v) is 2.75. The van der Waals surface area contributed by atoms with Crippen LogP contribution >= 0.6 is 0 Å². The normalized spacial score (nSPS) is 11.6. The molecule has 0 atom stereocenters. The number of rotatable bonds is 6. The highest BCUT2D eigenvalue weighted by atomic mass is 32.2. The van der Waals surface area contributed by atoms with Crippen molar-refractivity contribution in [3.05, 3.63) is 65.5 Å². The second-order valence-electron chi connectivity index (χ2n) is 4.99. The maximum atomic E-state index is 13.0. The second kappa shape index (κ2) is 7.80. The van der Waals surface area contributed by atoms with Crippen LogP contribution in [0.15, 0.2) is 58.5 Å². The molecule has 0 saturated carbocycles. The molecule has 0 unspecified atom stereocenters. The van der Waals surface area contributed by atoms with Gasteiger partial charge >= 0.3 is 0 Å². The molecule has 2 rings (SSSR count). The summed E-state index contributed by atoms with van der Waals surface area (Å²) in [6.07, 6.45) is 1.26. The zero-order valence-electron chi connectivity index (χ0n) is 12.9. The Balaban J connectivity index is 1.87. The quantitative estimate of drug-likeness (QED) is 0.613. The predicted octanol–water partition coefficient (Wildman–Crippen LogP) is 1.56. The first-order valence-electron chi connectivity index (χ1n) is 7.01. The van der Waals surface area contributed by atoms with Crippen molar-refractivity contribution < 1.29 is 17.6 Å². The van der Waals surface area contributed by atoms with E-state index in [2.05, 4.69) is 15.2 Å². The molecule has 126 valence electrons. The van der Waals surface area contributed by atoms with Crippen LogP contribution in [0.4, 0.5) is 4.39 Å². The molecule has 0 fully saturated rings. The summed E-state index contributed by atoms with van der Waals surface area (Å²) in [5.74, 6) is -1.06. The monoisotopic (exact) mass is 349 g/mol. The van der Waals surface area contributed by atoms with E-state index in [1.807, 2.05) is 6.92 Å². The summed E-state index contributed by atoms with van der Waals surface area (Å²) >= 11 is 0. The van der Waals surface area contributed by atoms with Crippen LogP contribution in [0.3, 0.4) is 0 Å². The molecular weight excluding hydrogens is 333 g/mol. The minimum Gasteiger partial charge on any atom is -0.272 e. The van der Waals surface area contributed by atoms with Gasteiger partial charge in [-0.2, -0.15) is 5.10 Å². The Morgan fingerprint density at radius 3 is 2.58 bits per heavy atom. The number of carbonyl (C=O) groups is 1. The van der Waals surface area contributed by atoms with Crippen molar-refractivity contribution in [2.75, 3.05) is 6.54 Å². The van der Waals surface area contributed by atoms with Crippen LogP contribution in [0.5, 0.6) is 0 Å². The zero-order chi connectivity index (χ0) is 17.6. The van der Waals surface area contributed by atoms with Crippen molar-refractivity contribution in [2.45, 2.75) is 11.8 Å². The van der Waals surface area contributed by atoms with Gasteiger partial charge in [0.15, 0.2) is 0 Å². The Kier molecular flexibility index (Phi) is 5.78. The van der Waals surface area contributed by atoms with Crippen LogP contribution in [0.1, 0.15) is 11.1 Å². The van der Waals surface area contributed by atoms with Gasteiger partial charge < -0.3 is 0 Å². The van der Waals surface area contributed by atoms with Gasteiger partial charge in [0.1, 0.15) is 5.82 Å². The van der Waals surface area contributed by atoms with Crippen molar-refractivity contribution in [1.29, 1.82) is 0 Å². The Labute approximate surface area is 139 Å². The van der Waals surface area contributed by atoms with Gasteiger partial charge in [-0.05, 0) is 36.8 Å². The van der Waals surface area contributed by atoms with Crippen LogP contribution in [-0.4, -0.2) is 27.1 Å². The Hall–Kier alpha value is -2.58. The van der Waals surface area contributed by atoms with Crippen molar-refractivity contribution in [2.24, 2.45) is 5.10 Å². The molecule has 24 heavy (non-hydrogen) atoms. The molecule has 8 heteroatoms. The lowest BCUT2D eigenvalue weighted by Crippen LogP contribution is -2.34. The number of aryl methyl sites for hydroxylation is 1. The van der Waals surface area contributed by atoms with E-state index < -0.39 is 28.3 Å². The van der Waals surface area contributed by atoms with Crippen molar-refractivity contribution in [1.82, 2.24) is 10.1 Å². The maximum Gasteiger partial charge on any atom is 0.255 e. The molecule has 0 bridgehead atoms. The number of hydrazone groups is 1. The van der Waals surface area contributed by atoms with Crippen LogP contribution < -0.4 is 10.1 Å². The van der Waals surface area contributed by atoms with Crippen molar-refractivity contribution >= 4 is 22.1 Å². The third kappa shape index (κ3) is 5.25. The maximum absolute atomic E-state index is 13.0. The van der Waals surface area contributed by atoms with Gasteiger partial charge in [0.25, 0.3) is 5.91 Å². The first kappa shape index (κ1) is 17.8. The average molecular weight is 349 g/mol. The molecule has 2 aromatic carbocycles. The predicted molar refractivity (Wildman–Crippen MR) is 88.5 cm³/mol. The van der Waals surface area contributed by atoms with E-state index in [0.717, 1.165) is 5.56 Å². The first-order chi connectivity index (χ1) is 11.4. The standard InChI is InChI=1S/C16H16FN3O3S/c1-12-5-7-15(8-6-12)24(22,23)19-11-16(21)20-18-10-13-3-2-4-14(17)9-13/h2-10,19H,11H2,1H3,(H,20,21)/b18-10+. The van der Waals surface area contributed by atoms with Crippen LogP contribution in [0, 0.1) is 12.7 Å². The number of hydrogen-bond donors (Lipinski definition) is 2. The SMILES string of the molecule is Cc1ccc(S(=O)(=O)NCC(=O)N/N=C/c2cccc(F)c2)cc1. The second-order valence-corrected chi connectivity index (χ2v) is 6.75. The first-order valence-corrected chi connectivity index (χ1v) is 8.49. The highest BCUT2D eigenvalue weighted by molar-refractivity contribution is 7.89. The summed E-state index contributed by atoms with van der Waals surface area (Å²) in [6, 6.07) is 11.9. The minimum absolute atomic E-state index is 0.0733. The van der Waals surface area contributed by atoms with Gasteiger partial charge in [-0.3, -0.25) is 4.79 Å². The van der Waals surface area contributed by atoms with Crippen LogP contribution in [0.2, 0.25) is 0 Å². The number of benzene rings is 2. The lowest BCUT2D eigenvalue weighted by atomic mass is 10.2. The van der Waals surface area contributed by atoms with E-state index in [1.165, 1.54) is 36.5 Å². The van der Waals surface area contributed by atoms with Gasteiger partial charge in [-0.15, -0.1) is 0 Å². The van der Waals surface area contributed by atoms with Gasteiger partial charge in [0.05, 0.1) is 17.7 Å². The molecule has 0 aliphatic rings. The number of nitrogens with zero attached hydrogens (tertiary/aromatic N) is 1. The summed E-state index contributed by atoms with van der Waals surface area (Å²) in [5, 5.41) is 3.64. The van der Waals surface area contributed by atoms with Crippen LogP contribution in [-0.2, 0) is 14.8 Å². The van der Waals surface area contributed by atoms with E-state index in [4.69, 9.17) is 0 Å². The lowest BCUT2D eigenvalue weighted by molar-refractivity contribution is -0.119. The van der Waals surface area contributed by atoms with Crippen LogP contribution in [0.25, 0.3) is 0 Å². The summed E-state index contributed by atoms with van der Waals surface area (Å²) in [5.41, 5.74) is 3.56. The summed E-state index contributed by atoms with van der Waals surface area (Å²) in [4.78, 5) is 11.7. The Morgan fingerprint density at radius 2 is 1.92 bits per heavy atom. The van der Waals surface area contributed by atoms with E-state index in [-0.39, 0.29) is 4.90 Å². The number of hydrogen-bond acceptors (Lipinski definition) is 4. The Bertz CT molecular complexity index is 849.